The topological polar surface area (TPSA) is 67.9 Å². The molecule has 138 valence electrons. The van der Waals surface area contributed by atoms with E-state index in [2.05, 4.69) is 32.0 Å². The van der Waals surface area contributed by atoms with E-state index in [1.54, 1.807) is 0 Å². The molecule has 0 bridgehead atoms. The lowest BCUT2D eigenvalue weighted by Crippen LogP contribution is -2.34. The highest BCUT2D eigenvalue weighted by molar-refractivity contribution is 6.30. The third-order valence-electron chi connectivity index (χ3n) is 5.06. The van der Waals surface area contributed by atoms with Gasteiger partial charge in [-0.1, -0.05) is 30.2 Å². The molecule has 27 heavy (non-hydrogen) atoms. The molecule has 2 aromatic heterocycles. The molecule has 6 heteroatoms. The Balaban J connectivity index is 1.71. The number of piperidine rings is 1. The Kier molecular flexibility index (Phi) is 5.32. The average molecular weight is 380 g/mol. The summed E-state index contributed by atoms with van der Waals surface area (Å²) in [6, 6.07) is 12.2. The van der Waals surface area contributed by atoms with Crippen LogP contribution in [-0.4, -0.2) is 26.4 Å². The zero-order valence-corrected chi connectivity index (χ0v) is 15.8. The molecule has 1 aromatic carbocycles. The summed E-state index contributed by atoms with van der Waals surface area (Å²) in [5, 5.41) is 0.716. The Morgan fingerprint density at radius 2 is 1.85 bits per heavy atom. The molecule has 1 aliphatic heterocycles. The van der Waals surface area contributed by atoms with E-state index < -0.39 is 0 Å². The number of likely N-dealkylation sites (tertiary alicyclic amines) is 1. The minimum atomic E-state index is 0.211. The minimum Gasteiger partial charge on any atom is -0.368 e. The number of pyridine rings is 1. The monoisotopic (exact) mass is 379 g/mol. The highest BCUT2D eigenvalue weighted by Gasteiger charge is 2.28. The fraction of sp³-hybridized carbons (Fsp3) is 0.286. The number of nitrogens with zero attached hydrogens (tertiary/aromatic N) is 4. The van der Waals surface area contributed by atoms with Crippen LogP contribution in [0.3, 0.4) is 0 Å². The maximum Gasteiger partial charge on any atom is 0.220 e. The summed E-state index contributed by atoms with van der Waals surface area (Å²) in [7, 11) is 0. The van der Waals surface area contributed by atoms with Crippen molar-refractivity contribution >= 4 is 17.5 Å². The predicted molar refractivity (Wildman–Crippen MR) is 108 cm³/mol. The summed E-state index contributed by atoms with van der Waals surface area (Å²) in [5.74, 6) is 0.317. The Morgan fingerprint density at radius 1 is 1.07 bits per heavy atom. The van der Waals surface area contributed by atoms with Gasteiger partial charge in [-0.05, 0) is 54.8 Å². The van der Waals surface area contributed by atoms with E-state index in [0.29, 0.717) is 11.0 Å². The van der Waals surface area contributed by atoms with Crippen LogP contribution in [0.2, 0.25) is 5.02 Å². The van der Waals surface area contributed by atoms with Gasteiger partial charge in [0.25, 0.3) is 0 Å². The van der Waals surface area contributed by atoms with Gasteiger partial charge in [0.05, 0.1) is 11.7 Å². The molecule has 3 heterocycles. The Labute approximate surface area is 164 Å². The summed E-state index contributed by atoms with van der Waals surface area (Å²) < 4.78 is 0. The standard InChI is InChI=1S/C21H22ClN5/c22-17-6-4-16(5-7-17)18-13-25-21(23)26-20(18)19-3-1-2-12-27(19)14-15-8-10-24-11-9-15/h4-11,13,19H,1-3,12,14H2,(H2,23,25,26)/t19-/m0/s1. The largest absolute Gasteiger partial charge is 0.368 e. The Hall–Kier alpha value is -2.50. The van der Waals surface area contributed by atoms with Gasteiger partial charge in [-0.25, -0.2) is 9.97 Å². The second-order valence-corrected chi connectivity index (χ2v) is 7.31. The molecule has 5 nitrogen and oxygen atoms in total. The molecule has 4 rings (SSSR count). The van der Waals surface area contributed by atoms with E-state index in [1.807, 2.05) is 42.9 Å². The third kappa shape index (κ3) is 4.10. The molecule has 3 aromatic rings. The van der Waals surface area contributed by atoms with E-state index in [9.17, 15) is 0 Å². The van der Waals surface area contributed by atoms with Crippen molar-refractivity contribution in [2.75, 3.05) is 12.3 Å². The second kappa shape index (κ2) is 8.03. The zero-order chi connectivity index (χ0) is 18.6. The van der Waals surface area contributed by atoms with Crippen molar-refractivity contribution in [1.29, 1.82) is 0 Å². The summed E-state index contributed by atoms with van der Waals surface area (Å²) in [4.78, 5) is 15.5. The van der Waals surface area contributed by atoms with E-state index in [-0.39, 0.29) is 6.04 Å². The SMILES string of the molecule is Nc1ncc(-c2ccc(Cl)cc2)c([C@@H]2CCCCN2Cc2ccncc2)n1. The summed E-state index contributed by atoms with van der Waals surface area (Å²) in [6.45, 7) is 1.91. The number of aromatic nitrogens is 3. The van der Waals surface area contributed by atoms with E-state index >= 15 is 0 Å². The van der Waals surface area contributed by atoms with Crippen molar-refractivity contribution in [2.24, 2.45) is 0 Å². The van der Waals surface area contributed by atoms with E-state index in [4.69, 9.17) is 17.3 Å². The van der Waals surface area contributed by atoms with E-state index in [0.717, 1.165) is 36.3 Å². The fourth-order valence-electron chi connectivity index (χ4n) is 3.73. The van der Waals surface area contributed by atoms with Gasteiger partial charge in [-0.15, -0.1) is 0 Å². The van der Waals surface area contributed by atoms with Crippen molar-refractivity contribution in [2.45, 2.75) is 31.8 Å². The molecule has 1 atom stereocenters. The molecule has 0 radical (unpaired) electrons. The predicted octanol–water partition coefficient (Wildman–Crippen LogP) is 4.50. The normalized spacial score (nSPS) is 17.7. The molecular formula is C21H22ClN5. The number of anilines is 1. The summed E-state index contributed by atoms with van der Waals surface area (Å²) in [6.07, 6.45) is 8.95. The van der Waals surface area contributed by atoms with E-state index in [1.165, 1.54) is 18.4 Å². The second-order valence-electron chi connectivity index (χ2n) is 6.87. The first kappa shape index (κ1) is 17.9. The lowest BCUT2D eigenvalue weighted by molar-refractivity contribution is 0.137. The van der Waals surface area contributed by atoms with Gasteiger partial charge in [0.2, 0.25) is 5.95 Å². The third-order valence-corrected chi connectivity index (χ3v) is 5.31. The maximum atomic E-state index is 6.06. The number of nitrogens with two attached hydrogens (primary N) is 1. The number of rotatable bonds is 4. The number of hydrogen-bond donors (Lipinski definition) is 1. The van der Waals surface area contributed by atoms with Crippen LogP contribution in [0, 0.1) is 0 Å². The van der Waals surface area contributed by atoms with Crippen molar-refractivity contribution < 1.29 is 0 Å². The van der Waals surface area contributed by atoms with Gasteiger partial charge in [0, 0.05) is 35.7 Å². The minimum absolute atomic E-state index is 0.211. The highest BCUT2D eigenvalue weighted by atomic mass is 35.5. The number of halogens is 1. The van der Waals surface area contributed by atoms with Gasteiger partial charge >= 0.3 is 0 Å². The molecule has 1 fully saturated rings. The van der Waals surface area contributed by atoms with Gasteiger partial charge < -0.3 is 5.73 Å². The van der Waals surface area contributed by atoms with Gasteiger partial charge in [-0.3, -0.25) is 9.88 Å². The quantitative estimate of drug-likeness (QED) is 0.722. The average Bonchev–Trinajstić information content (AvgIpc) is 2.70. The molecule has 2 N–H and O–H groups in total. The van der Waals surface area contributed by atoms with Crippen LogP contribution in [-0.2, 0) is 6.54 Å². The smallest absolute Gasteiger partial charge is 0.220 e. The summed E-state index contributed by atoms with van der Waals surface area (Å²) >= 11 is 6.06. The van der Waals surface area contributed by atoms with Gasteiger partial charge in [0.15, 0.2) is 0 Å². The number of nitrogen functional groups attached to an aromatic ring is 1. The fourth-order valence-corrected chi connectivity index (χ4v) is 3.85. The Bertz CT molecular complexity index is 898. The Morgan fingerprint density at radius 3 is 2.63 bits per heavy atom. The molecular weight excluding hydrogens is 358 g/mol. The van der Waals surface area contributed by atoms with Crippen LogP contribution in [0.5, 0.6) is 0 Å². The molecule has 0 spiro atoms. The molecule has 0 aliphatic carbocycles. The van der Waals surface area contributed by atoms with Crippen molar-refractivity contribution in [3.63, 3.8) is 0 Å². The number of hydrogen-bond acceptors (Lipinski definition) is 5. The summed E-state index contributed by atoms with van der Waals surface area (Å²) in [5.41, 5.74) is 10.3. The van der Waals surface area contributed by atoms with Crippen molar-refractivity contribution in [3.05, 3.63) is 71.3 Å². The molecule has 0 unspecified atom stereocenters. The number of benzene rings is 1. The van der Waals surface area contributed by atoms with Crippen LogP contribution in [0.4, 0.5) is 5.95 Å². The molecule has 1 aliphatic rings. The zero-order valence-electron chi connectivity index (χ0n) is 15.1. The molecule has 0 saturated carbocycles. The highest BCUT2D eigenvalue weighted by Crippen LogP contribution is 2.36. The first-order chi connectivity index (χ1) is 13.2. The van der Waals surface area contributed by atoms with Gasteiger partial charge in [-0.2, -0.15) is 0 Å². The lowest BCUT2D eigenvalue weighted by Gasteiger charge is -2.36. The van der Waals surface area contributed by atoms with Gasteiger partial charge in [0.1, 0.15) is 0 Å². The maximum absolute atomic E-state index is 6.06. The van der Waals surface area contributed by atoms with Crippen LogP contribution in [0.25, 0.3) is 11.1 Å². The van der Waals surface area contributed by atoms with Crippen LogP contribution in [0.15, 0.2) is 55.0 Å². The first-order valence-electron chi connectivity index (χ1n) is 9.22. The lowest BCUT2D eigenvalue weighted by atomic mass is 9.93. The van der Waals surface area contributed by atoms with Crippen molar-refractivity contribution in [1.82, 2.24) is 19.9 Å². The van der Waals surface area contributed by atoms with Crippen LogP contribution >= 0.6 is 11.6 Å². The molecule has 0 amide bonds. The first-order valence-corrected chi connectivity index (χ1v) is 9.60. The van der Waals surface area contributed by atoms with Crippen LogP contribution in [0.1, 0.15) is 36.6 Å². The molecule has 1 saturated heterocycles. The van der Waals surface area contributed by atoms with Crippen LogP contribution < -0.4 is 5.73 Å². The van der Waals surface area contributed by atoms with Crippen molar-refractivity contribution in [3.8, 4) is 11.1 Å².